The van der Waals surface area contributed by atoms with Crippen molar-refractivity contribution in [2.24, 2.45) is 0 Å². The number of aryl methyl sites for hydroxylation is 2. The Bertz CT molecular complexity index is 558. The second-order valence-electron chi connectivity index (χ2n) is 4.09. The van der Waals surface area contributed by atoms with Crippen LogP contribution < -0.4 is 5.73 Å². The van der Waals surface area contributed by atoms with Gasteiger partial charge in [-0.2, -0.15) is 0 Å². The number of hydrogen-bond donors (Lipinski definition) is 1. The van der Waals surface area contributed by atoms with Gasteiger partial charge in [-0.25, -0.2) is 9.78 Å². The van der Waals surface area contributed by atoms with Gasteiger partial charge in [-0.1, -0.05) is 0 Å². The van der Waals surface area contributed by atoms with E-state index in [4.69, 9.17) is 10.5 Å². The van der Waals surface area contributed by atoms with Crippen LogP contribution in [0.2, 0.25) is 0 Å². The lowest BCUT2D eigenvalue weighted by Gasteiger charge is -2.05. The molecule has 0 atom stereocenters. The van der Waals surface area contributed by atoms with E-state index in [-0.39, 0.29) is 12.6 Å². The molecule has 18 heavy (non-hydrogen) atoms. The Balaban J connectivity index is 2.03. The van der Waals surface area contributed by atoms with E-state index in [0.29, 0.717) is 11.3 Å². The fourth-order valence-electron chi connectivity index (χ4n) is 1.61. The third-order valence-electron chi connectivity index (χ3n) is 2.33. The van der Waals surface area contributed by atoms with E-state index in [0.717, 1.165) is 16.3 Å². The quantitative estimate of drug-likeness (QED) is 0.682. The van der Waals surface area contributed by atoms with Gasteiger partial charge in [0.05, 0.1) is 5.56 Å². The van der Waals surface area contributed by atoms with Gasteiger partial charge < -0.3 is 10.5 Å². The number of nitrogen functional groups attached to an aromatic ring is 1. The summed E-state index contributed by atoms with van der Waals surface area (Å²) < 4.78 is 5.19. The van der Waals surface area contributed by atoms with E-state index in [2.05, 4.69) is 4.98 Å². The van der Waals surface area contributed by atoms with Gasteiger partial charge in [-0.3, -0.25) is 0 Å². The Labute approximate surface area is 109 Å². The first kappa shape index (κ1) is 12.6. The molecule has 0 aliphatic heterocycles. The second kappa shape index (κ2) is 5.18. The van der Waals surface area contributed by atoms with Crippen molar-refractivity contribution >= 4 is 23.0 Å². The van der Waals surface area contributed by atoms with Gasteiger partial charge in [0.25, 0.3) is 0 Å². The van der Waals surface area contributed by atoms with Crippen LogP contribution in [0, 0.1) is 13.8 Å². The molecule has 1 aromatic heterocycles. The first-order chi connectivity index (χ1) is 8.54. The molecule has 0 unspecified atom stereocenters. The number of esters is 1. The summed E-state index contributed by atoms with van der Waals surface area (Å²) in [6, 6.07) is 5.18. The van der Waals surface area contributed by atoms with E-state index < -0.39 is 0 Å². The molecule has 0 saturated carbocycles. The zero-order valence-corrected chi connectivity index (χ0v) is 11.1. The van der Waals surface area contributed by atoms with Gasteiger partial charge in [0.15, 0.2) is 0 Å². The number of carbonyl (C=O) groups is 1. The van der Waals surface area contributed by atoms with Crippen molar-refractivity contribution in [3.63, 3.8) is 0 Å². The van der Waals surface area contributed by atoms with Crippen LogP contribution in [0.25, 0.3) is 0 Å². The molecule has 1 aromatic carbocycles. The third-order valence-corrected chi connectivity index (χ3v) is 3.27. The average Bonchev–Trinajstić information content (AvgIpc) is 2.70. The number of nitrogens with two attached hydrogens (primary N) is 1. The lowest BCUT2D eigenvalue weighted by Crippen LogP contribution is -2.06. The number of rotatable bonds is 3. The normalized spacial score (nSPS) is 10.3. The molecule has 2 N–H and O–H groups in total. The van der Waals surface area contributed by atoms with Gasteiger partial charge in [-0.15, -0.1) is 11.3 Å². The van der Waals surface area contributed by atoms with Gasteiger partial charge in [-0.05, 0) is 37.6 Å². The summed E-state index contributed by atoms with van der Waals surface area (Å²) in [6.07, 6.45) is 0. The molecule has 0 radical (unpaired) electrons. The Hall–Kier alpha value is -1.88. The van der Waals surface area contributed by atoms with Gasteiger partial charge in [0, 0.05) is 16.8 Å². The Kier molecular flexibility index (Phi) is 3.62. The molecule has 0 amide bonds. The SMILES string of the molecule is Cc1cc(N)cc(C(=O)OCc2nc(C)cs2)c1. The minimum Gasteiger partial charge on any atom is -0.455 e. The summed E-state index contributed by atoms with van der Waals surface area (Å²) in [5.41, 5.74) is 8.60. The molecule has 4 nitrogen and oxygen atoms in total. The number of hydrogen-bond acceptors (Lipinski definition) is 5. The molecule has 0 saturated heterocycles. The highest BCUT2D eigenvalue weighted by molar-refractivity contribution is 7.09. The van der Waals surface area contributed by atoms with Crippen LogP contribution in [0.5, 0.6) is 0 Å². The fourth-order valence-corrected chi connectivity index (χ4v) is 2.29. The summed E-state index contributed by atoms with van der Waals surface area (Å²) in [7, 11) is 0. The van der Waals surface area contributed by atoms with E-state index in [1.807, 2.05) is 19.2 Å². The molecule has 0 aliphatic carbocycles. The smallest absolute Gasteiger partial charge is 0.338 e. The van der Waals surface area contributed by atoms with Crippen LogP contribution in [-0.4, -0.2) is 11.0 Å². The van der Waals surface area contributed by atoms with Crippen LogP contribution in [0.15, 0.2) is 23.6 Å². The van der Waals surface area contributed by atoms with Crippen molar-refractivity contribution in [3.8, 4) is 0 Å². The number of ether oxygens (including phenoxy) is 1. The summed E-state index contributed by atoms with van der Waals surface area (Å²) in [4.78, 5) is 16.1. The van der Waals surface area contributed by atoms with E-state index in [1.165, 1.54) is 11.3 Å². The van der Waals surface area contributed by atoms with Crippen LogP contribution >= 0.6 is 11.3 Å². The topological polar surface area (TPSA) is 65.2 Å². The molecule has 2 aromatic rings. The highest BCUT2D eigenvalue weighted by Gasteiger charge is 2.09. The number of carbonyl (C=O) groups excluding carboxylic acids is 1. The second-order valence-corrected chi connectivity index (χ2v) is 5.03. The zero-order valence-electron chi connectivity index (χ0n) is 10.3. The summed E-state index contributed by atoms with van der Waals surface area (Å²) in [5, 5.41) is 2.72. The lowest BCUT2D eigenvalue weighted by molar-refractivity contribution is 0.0472. The van der Waals surface area contributed by atoms with Crippen molar-refractivity contribution in [2.75, 3.05) is 5.73 Å². The fraction of sp³-hybridized carbons (Fsp3) is 0.231. The molecule has 0 bridgehead atoms. The van der Waals surface area contributed by atoms with Crippen LogP contribution in [-0.2, 0) is 11.3 Å². The maximum absolute atomic E-state index is 11.8. The molecule has 94 valence electrons. The first-order valence-corrected chi connectivity index (χ1v) is 6.38. The van der Waals surface area contributed by atoms with Crippen molar-refractivity contribution in [2.45, 2.75) is 20.5 Å². The van der Waals surface area contributed by atoms with E-state index in [9.17, 15) is 4.79 Å². The Morgan fingerprint density at radius 2 is 2.17 bits per heavy atom. The number of benzene rings is 1. The third kappa shape index (κ3) is 3.07. The number of nitrogens with zero attached hydrogens (tertiary/aromatic N) is 1. The molecule has 2 rings (SSSR count). The van der Waals surface area contributed by atoms with Crippen LogP contribution in [0.3, 0.4) is 0 Å². The van der Waals surface area contributed by atoms with E-state index in [1.54, 1.807) is 18.2 Å². The standard InChI is InChI=1S/C13H14N2O2S/c1-8-3-10(5-11(14)4-8)13(16)17-6-12-15-9(2)7-18-12/h3-5,7H,6,14H2,1-2H3. The van der Waals surface area contributed by atoms with Gasteiger partial charge in [0.1, 0.15) is 11.6 Å². The van der Waals surface area contributed by atoms with Crippen molar-refractivity contribution in [3.05, 3.63) is 45.4 Å². The monoisotopic (exact) mass is 262 g/mol. The van der Waals surface area contributed by atoms with Gasteiger partial charge in [0.2, 0.25) is 0 Å². The van der Waals surface area contributed by atoms with Crippen LogP contribution in [0.1, 0.15) is 26.6 Å². The zero-order chi connectivity index (χ0) is 13.1. The summed E-state index contributed by atoms with van der Waals surface area (Å²) in [5.74, 6) is -0.377. The molecule has 0 fully saturated rings. The Morgan fingerprint density at radius 1 is 1.39 bits per heavy atom. The first-order valence-electron chi connectivity index (χ1n) is 5.50. The maximum atomic E-state index is 11.8. The van der Waals surface area contributed by atoms with Crippen molar-refractivity contribution in [1.29, 1.82) is 0 Å². The molecular weight excluding hydrogens is 248 g/mol. The van der Waals surface area contributed by atoms with E-state index >= 15 is 0 Å². The predicted molar refractivity (Wildman–Crippen MR) is 71.6 cm³/mol. The summed E-state index contributed by atoms with van der Waals surface area (Å²) in [6.45, 7) is 3.99. The lowest BCUT2D eigenvalue weighted by atomic mass is 10.1. The highest BCUT2D eigenvalue weighted by Crippen LogP contribution is 2.14. The predicted octanol–water partition coefficient (Wildman–Crippen LogP) is 2.70. The molecular formula is C13H14N2O2S. The minimum atomic E-state index is -0.377. The van der Waals surface area contributed by atoms with Crippen LogP contribution in [0.4, 0.5) is 5.69 Å². The molecule has 1 heterocycles. The van der Waals surface area contributed by atoms with Crippen molar-refractivity contribution < 1.29 is 9.53 Å². The molecule has 5 heteroatoms. The number of aromatic nitrogens is 1. The number of thiazole rings is 1. The van der Waals surface area contributed by atoms with Crippen molar-refractivity contribution in [1.82, 2.24) is 4.98 Å². The summed E-state index contributed by atoms with van der Waals surface area (Å²) >= 11 is 1.48. The molecule has 0 spiro atoms. The van der Waals surface area contributed by atoms with Gasteiger partial charge >= 0.3 is 5.97 Å². The minimum absolute atomic E-state index is 0.200. The molecule has 0 aliphatic rings. The number of anilines is 1. The largest absolute Gasteiger partial charge is 0.455 e. The maximum Gasteiger partial charge on any atom is 0.338 e. The average molecular weight is 262 g/mol. The highest BCUT2D eigenvalue weighted by atomic mass is 32.1. The Morgan fingerprint density at radius 3 is 2.78 bits per heavy atom.